The molecule has 8 nitrogen and oxygen atoms in total. The van der Waals surface area contributed by atoms with Gasteiger partial charge in [0.1, 0.15) is 0 Å². The Morgan fingerprint density at radius 3 is 2.50 bits per heavy atom. The molecule has 2 N–H and O–H groups in total. The first-order valence-corrected chi connectivity index (χ1v) is 12.0. The van der Waals surface area contributed by atoms with Crippen molar-refractivity contribution in [1.82, 2.24) is 14.8 Å². The average molecular weight is 504 g/mol. The molecule has 5 rings (SSSR count). The molecule has 184 valence electrons. The molecule has 0 saturated carbocycles. The normalized spacial score (nSPS) is 16.5. The van der Waals surface area contributed by atoms with E-state index >= 15 is 0 Å². The Morgan fingerprint density at radius 2 is 1.78 bits per heavy atom. The van der Waals surface area contributed by atoms with Crippen LogP contribution in [0.2, 0.25) is 5.02 Å². The number of hydrogen-bond donors (Lipinski definition) is 2. The lowest BCUT2D eigenvalue weighted by atomic mass is 9.93. The van der Waals surface area contributed by atoms with E-state index in [1.165, 1.54) is 0 Å². The van der Waals surface area contributed by atoms with Gasteiger partial charge in [-0.3, -0.25) is 10.1 Å². The maximum atomic E-state index is 12.8. The molecule has 9 heteroatoms. The lowest BCUT2D eigenvalue weighted by Gasteiger charge is -2.31. The van der Waals surface area contributed by atoms with Crippen LogP contribution in [0.1, 0.15) is 35.2 Å². The summed E-state index contributed by atoms with van der Waals surface area (Å²) in [6.45, 7) is 0. The zero-order chi connectivity index (χ0) is 25.1. The third-order valence-electron chi connectivity index (χ3n) is 6.21. The van der Waals surface area contributed by atoms with Crippen LogP contribution in [0.25, 0.3) is 0 Å². The fourth-order valence-corrected chi connectivity index (χ4v) is 4.57. The van der Waals surface area contributed by atoms with Crippen molar-refractivity contribution < 1.29 is 14.3 Å². The summed E-state index contributed by atoms with van der Waals surface area (Å²) < 4.78 is 12.4. The molecule has 0 spiro atoms. The number of amides is 1. The predicted molar refractivity (Wildman–Crippen MR) is 139 cm³/mol. The number of methoxy groups -OCH3 is 2. The number of benzene rings is 3. The number of carbonyl (C=O) groups is 1. The Bertz CT molecular complexity index is 1360. The average Bonchev–Trinajstić information content (AvgIpc) is 3.31. The molecule has 1 aromatic heterocycles. The topological polar surface area (TPSA) is 90.3 Å². The van der Waals surface area contributed by atoms with Gasteiger partial charge in [-0.25, -0.2) is 4.68 Å². The van der Waals surface area contributed by atoms with Crippen LogP contribution in [0.15, 0.2) is 72.8 Å². The van der Waals surface area contributed by atoms with Crippen molar-refractivity contribution in [3.63, 3.8) is 0 Å². The standard InChI is InChI=1S/C27H26ClN5O3/c1-35-23-13-8-17(14-24(23)36-2)15-25(34)30-26-31-27-29-21(18-9-11-20(28)12-10-18)16-22(33(27)32-26)19-6-4-3-5-7-19/h3-14,21-22H,15-16H2,1-2H3,(H2,29,30,31,32,34)/t21-,22-/m1/s1. The largest absolute Gasteiger partial charge is 0.493 e. The highest BCUT2D eigenvalue weighted by Crippen LogP contribution is 2.38. The molecular formula is C27H26ClN5O3. The van der Waals surface area contributed by atoms with Crippen LogP contribution in [0.3, 0.4) is 0 Å². The quantitative estimate of drug-likeness (QED) is 0.357. The minimum absolute atomic E-state index is 0.0134. The summed E-state index contributed by atoms with van der Waals surface area (Å²) in [7, 11) is 3.14. The minimum atomic E-state index is -0.226. The van der Waals surface area contributed by atoms with E-state index in [1.54, 1.807) is 26.4 Å². The van der Waals surface area contributed by atoms with E-state index in [4.69, 9.17) is 21.1 Å². The van der Waals surface area contributed by atoms with Crippen LogP contribution >= 0.6 is 11.6 Å². The molecule has 3 aromatic carbocycles. The van der Waals surface area contributed by atoms with E-state index in [0.717, 1.165) is 23.1 Å². The van der Waals surface area contributed by atoms with E-state index < -0.39 is 0 Å². The van der Waals surface area contributed by atoms with Gasteiger partial charge in [-0.2, -0.15) is 4.98 Å². The number of hydrogen-bond acceptors (Lipinski definition) is 6. The van der Waals surface area contributed by atoms with Crippen molar-refractivity contribution in [3.05, 3.63) is 94.5 Å². The maximum Gasteiger partial charge on any atom is 0.250 e. The van der Waals surface area contributed by atoms with Gasteiger partial charge in [-0.05, 0) is 47.4 Å². The zero-order valence-electron chi connectivity index (χ0n) is 19.9. The number of ether oxygens (including phenoxy) is 2. The third-order valence-corrected chi connectivity index (χ3v) is 6.46. The van der Waals surface area contributed by atoms with Crippen molar-refractivity contribution in [3.8, 4) is 11.5 Å². The first-order chi connectivity index (χ1) is 17.5. The van der Waals surface area contributed by atoms with Gasteiger partial charge < -0.3 is 14.8 Å². The Kier molecular flexibility index (Phi) is 6.77. The predicted octanol–water partition coefficient (Wildman–Crippen LogP) is 5.28. The van der Waals surface area contributed by atoms with Gasteiger partial charge in [0.25, 0.3) is 5.95 Å². The second-order valence-electron chi connectivity index (χ2n) is 8.53. The van der Waals surface area contributed by atoms with E-state index in [-0.39, 0.29) is 30.4 Å². The van der Waals surface area contributed by atoms with Crippen LogP contribution < -0.4 is 20.1 Å². The molecule has 0 saturated heterocycles. The summed E-state index contributed by atoms with van der Waals surface area (Å²) in [5.41, 5.74) is 3.01. The van der Waals surface area contributed by atoms with Crippen molar-refractivity contribution in [2.75, 3.05) is 24.9 Å². The van der Waals surface area contributed by atoms with Gasteiger partial charge in [0.05, 0.1) is 32.7 Å². The third kappa shape index (κ3) is 4.99. The Labute approximate surface area is 214 Å². The maximum absolute atomic E-state index is 12.8. The van der Waals surface area contributed by atoms with Gasteiger partial charge in [0, 0.05) is 5.02 Å². The summed E-state index contributed by atoms with van der Waals surface area (Å²) in [4.78, 5) is 17.4. The first kappa shape index (κ1) is 23.7. The number of halogens is 1. The molecule has 0 unspecified atom stereocenters. The zero-order valence-corrected chi connectivity index (χ0v) is 20.7. The molecule has 0 aliphatic carbocycles. The monoisotopic (exact) mass is 503 g/mol. The molecule has 2 heterocycles. The van der Waals surface area contributed by atoms with Crippen LogP contribution in [-0.2, 0) is 11.2 Å². The lowest BCUT2D eigenvalue weighted by Crippen LogP contribution is -2.28. The number of fused-ring (bicyclic) bond motifs is 1. The number of nitrogens with one attached hydrogen (secondary N) is 2. The number of aromatic nitrogens is 3. The van der Waals surface area contributed by atoms with Gasteiger partial charge >= 0.3 is 0 Å². The number of carbonyl (C=O) groups excluding carboxylic acids is 1. The van der Waals surface area contributed by atoms with E-state index in [2.05, 4.69) is 32.8 Å². The molecule has 1 aliphatic rings. The van der Waals surface area contributed by atoms with Crippen molar-refractivity contribution >= 4 is 29.4 Å². The van der Waals surface area contributed by atoms with Gasteiger partial charge in [0.2, 0.25) is 11.9 Å². The molecule has 0 bridgehead atoms. The van der Waals surface area contributed by atoms with Crippen molar-refractivity contribution in [2.45, 2.75) is 24.9 Å². The second kappa shape index (κ2) is 10.3. The molecule has 2 atom stereocenters. The summed E-state index contributed by atoms with van der Waals surface area (Å²) >= 11 is 6.10. The number of anilines is 2. The summed E-state index contributed by atoms with van der Waals surface area (Å²) in [5, 5.41) is 11.6. The highest BCUT2D eigenvalue weighted by molar-refractivity contribution is 6.30. The van der Waals surface area contributed by atoms with Crippen LogP contribution in [0.5, 0.6) is 11.5 Å². The van der Waals surface area contributed by atoms with Crippen LogP contribution in [0.4, 0.5) is 11.9 Å². The highest BCUT2D eigenvalue weighted by atomic mass is 35.5. The number of nitrogens with zero attached hydrogens (tertiary/aromatic N) is 3. The molecular weight excluding hydrogens is 478 g/mol. The Balaban J connectivity index is 1.38. The smallest absolute Gasteiger partial charge is 0.250 e. The Hall–Kier alpha value is -4.04. The molecule has 4 aromatic rings. The molecule has 0 fully saturated rings. The van der Waals surface area contributed by atoms with Gasteiger partial charge in [0.15, 0.2) is 11.5 Å². The van der Waals surface area contributed by atoms with Crippen LogP contribution in [-0.4, -0.2) is 34.9 Å². The van der Waals surface area contributed by atoms with E-state index in [0.29, 0.717) is 22.5 Å². The minimum Gasteiger partial charge on any atom is -0.493 e. The lowest BCUT2D eigenvalue weighted by molar-refractivity contribution is -0.115. The summed E-state index contributed by atoms with van der Waals surface area (Å²) in [5.74, 6) is 1.80. The first-order valence-electron chi connectivity index (χ1n) is 11.6. The number of rotatable bonds is 7. The van der Waals surface area contributed by atoms with Crippen molar-refractivity contribution in [2.24, 2.45) is 0 Å². The van der Waals surface area contributed by atoms with E-state index in [9.17, 15) is 4.79 Å². The van der Waals surface area contributed by atoms with Crippen molar-refractivity contribution in [1.29, 1.82) is 0 Å². The molecule has 1 amide bonds. The molecule has 36 heavy (non-hydrogen) atoms. The van der Waals surface area contributed by atoms with Gasteiger partial charge in [-0.1, -0.05) is 60.1 Å². The van der Waals surface area contributed by atoms with E-state index in [1.807, 2.05) is 53.2 Å². The highest BCUT2D eigenvalue weighted by Gasteiger charge is 2.31. The van der Waals surface area contributed by atoms with Crippen LogP contribution in [0, 0.1) is 0 Å². The Morgan fingerprint density at radius 1 is 1.03 bits per heavy atom. The van der Waals surface area contributed by atoms with Gasteiger partial charge in [-0.15, -0.1) is 5.10 Å². The molecule has 1 aliphatic heterocycles. The fourth-order valence-electron chi connectivity index (χ4n) is 4.44. The fraction of sp³-hybridized carbons (Fsp3) is 0.222. The second-order valence-corrected chi connectivity index (χ2v) is 8.96. The summed E-state index contributed by atoms with van der Waals surface area (Å²) in [6.07, 6.45) is 0.911. The SMILES string of the molecule is COc1ccc(CC(=O)Nc2nc3n(n2)[C@@H](c2ccccc2)C[C@H](c2ccc(Cl)cc2)N3)cc1OC. The summed E-state index contributed by atoms with van der Waals surface area (Å²) in [6, 6.07) is 23.3. The molecule has 0 radical (unpaired) electrons.